The number of non-ortho nitro benzene ring substituents is 1. The van der Waals surface area contributed by atoms with E-state index in [1.807, 2.05) is 6.07 Å². The maximum atomic E-state index is 12.0. The zero-order valence-electron chi connectivity index (χ0n) is 13.5. The summed E-state index contributed by atoms with van der Waals surface area (Å²) in [6, 6.07) is 13.1. The molecule has 7 nitrogen and oxygen atoms in total. The van der Waals surface area contributed by atoms with Crippen molar-refractivity contribution >= 4 is 15.7 Å². The van der Waals surface area contributed by atoms with Gasteiger partial charge in [-0.05, 0) is 23.3 Å². The molecule has 8 heteroatoms. The minimum Gasteiger partial charge on any atom is -0.309 e. The highest BCUT2D eigenvalue weighted by Gasteiger charge is 2.16. The van der Waals surface area contributed by atoms with Crippen LogP contribution in [0.2, 0.25) is 0 Å². The second-order valence-electron chi connectivity index (χ2n) is 5.46. The molecule has 0 heterocycles. The second-order valence-corrected chi connectivity index (χ2v) is 7.61. The Bertz CT molecular complexity index is 817. The van der Waals surface area contributed by atoms with Crippen molar-refractivity contribution in [1.29, 1.82) is 0 Å². The quantitative estimate of drug-likeness (QED) is 0.611. The molecule has 0 saturated heterocycles. The maximum absolute atomic E-state index is 12.0. The van der Waals surface area contributed by atoms with Crippen LogP contribution in [0.4, 0.5) is 5.69 Å². The van der Waals surface area contributed by atoms with Crippen molar-refractivity contribution in [3.05, 3.63) is 69.8 Å². The summed E-state index contributed by atoms with van der Waals surface area (Å²) < 4.78 is 25.1. The lowest BCUT2D eigenvalue weighted by Crippen LogP contribution is -2.22. The van der Waals surface area contributed by atoms with Gasteiger partial charge in [-0.2, -0.15) is 0 Å². The minimum atomic E-state index is -3.42. The van der Waals surface area contributed by atoms with Gasteiger partial charge in [-0.3, -0.25) is 10.1 Å². The van der Waals surface area contributed by atoms with E-state index in [2.05, 4.69) is 5.32 Å². The number of benzene rings is 2. The third-order valence-corrected chi connectivity index (χ3v) is 5.31. The van der Waals surface area contributed by atoms with E-state index < -0.39 is 14.9 Å². The highest BCUT2D eigenvalue weighted by atomic mass is 32.2. The molecule has 0 spiro atoms. The van der Waals surface area contributed by atoms with Gasteiger partial charge >= 0.3 is 0 Å². The van der Waals surface area contributed by atoms with Gasteiger partial charge in [-0.25, -0.2) is 12.7 Å². The lowest BCUT2D eigenvalue weighted by molar-refractivity contribution is -0.384. The third-order valence-electron chi connectivity index (χ3n) is 3.48. The average Bonchev–Trinajstić information content (AvgIpc) is 2.55. The molecule has 2 aromatic carbocycles. The first-order chi connectivity index (χ1) is 11.3. The fraction of sp³-hybridized carbons (Fsp3) is 0.250. The number of nitro groups is 1. The summed E-state index contributed by atoms with van der Waals surface area (Å²) in [7, 11) is -0.441. The molecule has 0 amide bonds. The van der Waals surface area contributed by atoms with Crippen molar-refractivity contribution in [2.45, 2.75) is 18.0 Å². The van der Waals surface area contributed by atoms with E-state index in [1.54, 1.807) is 30.3 Å². The molecule has 0 aliphatic rings. The van der Waals surface area contributed by atoms with Crippen LogP contribution in [0, 0.1) is 10.1 Å². The molecule has 0 fully saturated rings. The molecule has 0 bridgehead atoms. The Morgan fingerprint density at radius 1 is 1.04 bits per heavy atom. The molecule has 128 valence electrons. The number of nitrogens with one attached hydrogen (secondary N) is 1. The van der Waals surface area contributed by atoms with E-state index in [-0.39, 0.29) is 10.6 Å². The summed E-state index contributed by atoms with van der Waals surface area (Å²) in [5.41, 5.74) is 1.81. The predicted molar refractivity (Wildman–Crippen MR) is 91.0 cm³/mol. The molecular formula is C16H19N3O4S. The van der Waals surface area contributed by atoms with E-state index in [4.69, 9.17) is 0 Å². The zero-order chi connectivity index (χ0) is 17.7. The molecule has 0 aliphatic heterocycles. The molecular weight excluding hydrogens is 330 g/mol. The molecule has 1 N–H and O–H groups in total. The molecule has 0 atom stereocenters. The average molecular weight is 349 g/mol. The smallest absolute Gasteiger partial charge is 0.269 e. The minimum absolute atomic E-state index is 0.0625. The SMILES string of the molecule is CN(C)S(=O)(=O)c1ccc(CNCc2cccc([N+](=O)[O-])c2)cc1. The lowest BCUT2D eigenvalue weighted by atomic mass is 10.2. The van der Waals surface area contributed by atoms with Crippen LogP contribution in [0.3, 0.4) is 0 Å². The van der Waals surface area contributed by atoms with Gasteiger partial charge in [0.2, 0.25) is 10.0 Å². The Labute approximate surface area is 141 Å². The Morgan fingerprint density at radius 3 is 2.25 bits per heavy atom. The van der Waals surface area contributed by atoms with Gasteiger partial charge in [0.05, 0.1) is 9.82 Å². The van der Waals surface area contributed by atoms with Gasteiger partial charge in [0.15, 0.2) is 0 Å². The van der Waals surface area contributed by atoms with Gasteiger partial charge in [-0.1, -0.05) is 24.3 Å². The maximum Gasteiger partial charge on any atom is 0.269 e. The van der Waals surface area contributed by atoms with Crippen molar-refractivity contribution in [3.8, 4) is 0 Å². The van der Waals surface area contributed by atoms with Crippen LogP contribution in [-0.2, 0) is 23.1 Å². The summed E-state index contributed by atoms with van der Waals surface area (Å²) in [6.07, 6.45) is 0. The van der Waals surface area contributed by atoms with E-state index >= 15 is 0 Å². The van der Waals surface area contributed by atoms with Crippen LogP contribution < -0.4 is 5.32 Å². The largest absolute Gasteiger partial charge is 0.309 e. The van der Waals surface area contributed by atoms with Crippen molar-refractivity contribution in [2.24, 2.45) is 0 Å². The Hall–Kier alpha value is -2.29. The van der Waals surface area contributed by atoms with Crippen molar-refractivity contribution in [3.63, 3.8) is 0 Å². The van der Waals surface area contributed by atoms with Gasteiger partial charge in [0.25, 0.3) is 5.69 Å². The van der Waals surface area contributed by atoms with Crippen molar-refractivity contribution in [1.82, 2.24) is 9.62 Å². The Balaban J connectivity index is 1.96. The standard InChI is InChI=1S/C16H19N3O4S/c1-18(2)24(22,23)16-8-6-13(7-9-16)11-17-12-14-4-3-5-15(10-14)19(20)21/h3-10,17H,11-12H2,1-2H3. The molecule has 2 aromatic rings. The van der Waals surface area contributed by atoms with E-state index in [1.165, 1.54) is 30.5 Å². The summed E-state index contributed by atoms with van der Waals surface area (Å²) >= 11 is 0. The predicted octanol–water partition coefficient (Wildman–Crippen LogP) is 2.13. The Morgan fingerprint density at radius 2 is 1.67 bits per heavy atom. The summed E-state index contributed by atoms with van der Waals surface area (Å²) in [5.74, 6) is 0. The second kappa shape index (κ2) is 7.52. The highest BCUT2D eigenvalue weighted by molar-refractivity contribution is 7.89. The van der Waals surface area contributed by atoms with Crippen LogP contribution in [0.25, 0.3) is 0 Å². The van der Waals surface area contributed by atoms with E-state index in [0.717, 1.165) is 11.1 Å². The van der Waals surface area contributed by atoms with Crippen molar-refractivity contribution < 1.29 is 13.3 Å². The summed E-state index contributed by atoms with van der Waals surface area (Å²) in [5, 5.41) is 13.9. The summed E-state index contributed by atoms with van der Waals surface area (Å²) in [6.45, 7) is 1.02. The molecule has 0 unspecified atom stereocenters. The fourth-order valence-electron chi connectivity index (χ4n) is 2.12. The molecule has 0 aromatic heterocycles. The third kappa shape index (κ3) is 4.38. The van der Waals surface area contributed by atoms with Gasteiger partial charge < -0.3 is 5.32 Å². The molecule has 0 radical (unpaired) electrons. The molecule has 24 heavy (non-hydrogen) atoms. The Kier molecular flexibility index (Phi) is 5.66. The lowest BCUT2D eigenvalue weighted by Gasteiger charge is -2.12. The van der Waals surface area contributed by atoms with Crippen molar-refractivity contribution in [2.75, 3.05) is 14.1 Å². The van der Waals surface area contributed by atoms with Crippen LogP contribution in [0.15, 0.2) is 53.4 Å². The first kappa shape index (κ1) is 18.1. The van der Waals surface area contributed by atoms with Crippen LogP contribution >= 0.6 is 0 Å². The number of hydrogen-bond donors (Lipinski definition) is 1. The number of sulfonamides is 1. The number of hydrogen-bond acceptors (Lipinski definition) is 5. The fourth-order valence-corrected chi connectivity index (χ4v) is 3.02. The molecule has 2 rings (SSSR count). The van der Waals surface area contributed by atoms with Gasteiger partial charge in [0, 0.05) is 39.3 Å². The van der Waals surface area contributed by atoms with Crippen LogP contribution in [0.5, 0.6) is 0 Å². The number of rotatable bonds is 7. The monoisotopic (exact) mass is 349 g/mol. The van der Waals surface area contributed by atoms with E-state index in [9.17, 15) is 18.5 Å². The molecule has 0 saturated carbocycles. The van der Waals surface area contributed by atoms with Crippen LogP contribution in [-0.4, -0.2) is 31.7 Å². The van der Waals surface area contributed by atoms with Gasteiger partial charge in [-0.15, -0.1) is 0 Å². The number of nitro benzene ring substituents is 1. The number of nitrogens with zero attached hydrogens (tertiary/aromatic N) is 2. The topological polar surface area (TPSA) is 92.6 Å². The van der Waals surface area contributed by atoms with E-state index in [0.29, 0.717) is 13.1 Å². The summed E-state index contributed by atoms with van der Waals surface area (Å²) in [4.78, 5) is 10.6. The normalized spacial score (nSPS) is 11.6. The van der Waals surface area contributed by atoms with Crippen LogP contribution in [0.1, 0.15) is 11.1 Å². The first-order valence-electron chi connectivity index (χ1n) is 7.26. The van der Waals surface area contributed by atoms with Gasteiger partial charge in [0.1, 0.15) is 0 Å². The zero-order valence-corrected chi connectivity index (χ0v) is 14.3. The highest BCUT2D eigenvalue weighted by Crippen LogP contribution is 2.15. The first-order valence-corrected chi connectivity index (χ1v) is 8.70. The molecule has 0 aliphatic carbocycles.